The van der Waals surface area contributed by atoms with Gasteiger partial charge in [0.05, 0.1) is 21.5 Å². The lowest BCUT2D eigenvalue weighted by atomic mass is 10.3. The number of hydrogen-bond donors (Lipinski definition) is 0. The third kappa shape index (κ3) is 2.27. The highest BCUT2D eigenvalue weighted by Gasteiger charge is 2.22. The minimum absolute atomic E-state index is 0.0121. The van der Waals surface area contributed by atoms with Gasteiger partial charge in [-0.1, -0.05) is 17.8 Å². The fourth-order valence-corrected chi connectivity index (χ4v) is 3.03. The summed E-state index contributed by atoms with van der Waals surface area (Å²) >= 11 is 2.21. The van der Waals surface area contributed by atoms with Crippen molar-refractivity contribution in [1.82, 2.24) is 13.7 Å². The van der Waals surface area contributed by atoms with Crippen molar-refractivity contribution in [2.24, 2.45) is 0 Å². The second-order valence-corrected chi connectivity index (χ2v) is 5.16. The van der Waals surface area contributed by atoms with Gasteiger partial charge in [0.2, 0.25) is 0 Å². The first-order chi connectivity index (χ1) is 9.25. The average molecular weight is 290 g/mol. The van der Waals surface area contributed by atoms with E-state index in [1.165, 1.54) is 11.8 Å². The normalized spacial score (nSPS) is 10.7. The molecular formula is C11H6N4O2S2. The highest BCUT2D eigenvalue weighted by molar-refractivity contribution is 7.99. The molecule has 0 aliphatic carbocycles. The number of benzene rings is 1. The Balaban J connectivity index is 2.12. The first-order valence-electron chi connectivity index (χ1n) is 5.24. The average Bonchev–Trinajstić information content (AvgIpc) is 2.87. The molecule has 0 amide bonds. The molecule has 0 aliphatic rings. The molecule has 19 heavy (non-hydrogen) atoms. The fourth-order valence-electron chi connectivity index (χ4n) is 1.60. The van der Waals surface area contributed by atoms with E-state index < -0.39 is 4.92 Å². The molecule has 0 fully saturated rings. The molecule has 0 radical (unpaired) electrons. The van der Waals surface area contributed by atoms with Crippen molar-refractivity contribution in [3.63, 3.8) is 0 Å². The van der Waals surface area contributed by atoms with Crippen molar-refractivity contribution in [3.8, 4) is 0 Å². The monoisotopic (exact) mass is 290 g/mol. The lowest BCUT2D eigenvalue weighted by Crippen LogP contribution is -1.93. The first kappa shape index (κ1) is 12.0. The van der Waals surface area contributed by atoms with Gasteiger partial charge in [0.15, 0.2) is 5.52 Å². The van der Waals surface area contributed by atoms with E-state index in [0.717, 1.165) is 11.7 Å². The molecule has 1 aromatic carbocycles. The number of nitro groups is 1. The van der Waals surface area contributed by atoms with E-state index in [2.05, 4.69) is 13.7 Å². The topological polar surface area (TPSA) is 81.8 Å². The number of nitro benzene ring substituents is 1. The van der Waals surface area contributed by atoms with Crippen molar-refractivity contribution in [2.75, 3.05) is 0 Å². The molecule has 0 aliphatic heterocycles. The van der Waals surface area contributed by atoms with Crippen molar-refractivity contribution >= 4 is 40.2 Å². The van der Waals surface area contributed by atoms with E-state index in [1.54, 1.807) is 30.5 Å². The summed E-state index contributed by atoms with van der Waals surface area (Å²) in [5, 5.41) is 11.9. The van der Waals surface area contributed by atoms with Crippen LogP contribution in [-0.2, 0) is 0 Å². The molecule has 0 N–H and O–H groups in total. The zero-order chi connectivity index (χ0) is 13.2. The van der Waals surface area contributed by atoms with Crippen LogP contribution in [0.3, 0.4) is 0 Å². The molecule has 3 aromatic rings. The zero-order valence-corrected chi connectivity index (χ0v) is 11.0. The standard InChI is InChI=1S/C11H6N4O2S2/c16-15(17)11-8(18-9-3-1-2-6-12-9)5-4-7-10(11)14-19-13-7/h1-6H. The SMILES string of the molecule is O=[N+]([O-])c1c(Sc2ccccn2)ccc2nsnc12. The summed E-state index contributed by atoms with van der Waals surface area (Å²) in [5.74, 6) is 0. The Morgan fingerprint density at radius 3 is 2.84 bits per heavy atom. The third-order valence-corrected chi connectivity index (χ3v) is 3.94. The number of fused-ring (bicyclic) bond motifs is 1. The van der Waals surface area contributed by atoms with Gasteiger partial charge < -0.3 is 0 Å². The van der Waals surface area contributed by atoms with E-state index in [4.69, 9.17) is 0 Å². The summed E-state index contributed by atoms with van der Waals surface area (Å²) in [6.45, 7) is 0. The molecule has 8 heteroatoms. The maximum absolute atomic E-state index is 11.2. The first-order valence-corrected chi connectivity index (χ1v) is 6.79. The molecule has 2 aromatic heterocycles. The van der Waals surface area contributed by atoms with E-state index in [0.29, 0.717) is 21.0 Å². The molecule has 94 valence electrons. The molecule has 0 saturated heterocycles. The Morgan fingerprint density at radius 1 is 1.21 bits per heavy atom. The van der Waals surface area contributed by atoms with Crippen LogP contribution < -0.4 is 0 Å². The van der Waals surface area contributed by atoms with Crippen molar-refractivity contribution in [1.29, 1.82) is 0 Å². The number of nitrogens with zero attached hydrogens (tertiary/aromatic N) is 4. The Labute approximate surface area is 116 Å². The van der Waals surface area contributed by atoms with Crippen molar-refractivity contribution in [2.45, 2.75) is 9.92 Å². The van der Waals surface area contributed by atoms with Gasteiger partial charge >= 0.3 is 5.69 Å². The van der Waals surface area contributed by atoms with Crippen LogP contribution in [0.5, 0.6) is 0 Å². The van der Waals surface area contributed by atoms with Crippen LogP contribution in [0.2, 0.25) is 0 Å². The second kappa shape index (κ2) is 4.90. The third-order valence-electron chi connectivity index (χ3n) is 2.40. The molecular weight excluding hydrogens is 284 g/mol. The molecule has 0 saturated carbocycles. The van der Waals surface area contributed by atoms with Crippen molar-refractivity contribution in [3.05, 3.63) is 46.6 Å². The fraction of sp³-hybridized carbons (Fsp3) is 0. The maximum Gasteiger partial charge on any atom is 0.312 e. The Kier molecular flexibility index (Phi) is 3.10. The predicted octanol–water partition coefficient (Wildman–Crippen LogP) is 3.15. The minimum Gasteiger partial charge on any atom is -0.258 e. The van der Waals surface area contributed by atoms with Gasteiger partial charge in [-0.15, -0.1) is 0 Å². The van der Waals surface area contributed by atoms with Crippen LogP contribution in [0, 0.1) is 10.1 Å². The van der Waals surface area contributed by atoms with Gasteiger partial charge in [-0.05, 0) is 24.3 Å². The number of aromatic nitrogens is 3. The van der Waals surface area contributed by atoms with Gasteiger partial charge in [-0.3, -0.25) is 10.1 Å². The largest absolute Gasteiger partial charge is 0.312 e. The second-order valence-electron chi connectivity index (χ2n) is 3.57. The maximum atomic E-state index is 11.2. The lowest BCUT2D eigenvalue weighted by Gasteiger charge is -2.02. The number of pyridine rings is 1. The van der Waals surface area contributed by atoms with Crippen LogP contribution >= 0.6 is 23.5 Å². The van der Waals surface area contributed by atoms with Crippen LogP contribution in [0.4, 0.5) is 5.69 Å². The van der Waals surface area contributed by atoms with Crippen LogP contribution in [0.1, 0.15) is 0 Å². The van der Waals surface area contributed by atoms with Gasteiger partial charge in [0.25, 0.3) is 0 Å². The minimum atomic E-state index is -0.422. The van der Waals surface area contributed by atoms with Gasteiger partial charge in [-0.2, -0.15) is 8.75 Å². The molecule has 0 atom stereocenters. The molecule has 0 spiro atoms. The Bertz CT molecular complexity index is 745. The number of rotatable bonds is 3. The number of hydrogen-bond acceptors (Lipinski definition) is 7. The summed E-state index contributed by atoms with van der Waals surface area (Å²) in [4.78, 5) is 15.5. The predicted molar refractivity (Wildman–Crippen MR) is 72.4 cm³/mol. The van der Waals surface area contributed by atoms with Gasteiger partial charge in [0, 0.05) is 6.20 Å². The zero-order valence-electron chi connectivity index (χ0n) is 9.39. The van der Waals surface area contributed by atoms with E-state index in [9.17, 15) is 10.1 Å². The molecule has 0 unspecified atom stereocenters. The Hall–Kier alpha value is -2.06. The Morgan fingerprint density at radius 2 is 2.11 bits per heavy atom. The highest BCUT2D eigenvalue weighted by atomic mass is 32.2. The lowest BCUT2D eigenvalue weighted by molar-refractivity contribution is -0.386. The molecule has 2 heterocycles. The summed E-state index contributed by atoms with van der Waals surface area (Å²) < 4.78 is 8.01. The van der Waals surface area contributed by atoms with Crippen molar-refractivity contribution < 1.29 is 4.92 Å². The van der Waals surface area contributed by atoms with Gasteiger partial charge in [0.1, 0.15) is 10.5 Å². The smallest absolute Gasteiger partial charge is 0.258 e. The molecule has 3 rings (SSSR count). The van der Waals surface area contributed by atoms with E-state index in [1.807, 2.05) is 6.07 Å². The van der Waals surface area contributed by atoms with E-state index in [-0.39, 0.29) is 5.69 Å². The quantitative estimate of drug-likeness (QED) is 0.544. The van der Waals surface area contributed by atoms with Crippen LogP contribution in [-0.4, -0.2) is 18.7 Å². The summed E-state index contributed by atoms with van der Waals surface area (Å²) in [6, 6.07) is 8.85. The summed E-state index contributed by atoms with van der Waals surface area (Å²) in [7, 11) is 0. The van der Waals surface area contributed by atoms with Crippen LogP contribution in [0.25, 0.3) is 11.0 Å². The van der Waals surface area contributed by atoms with E-state index >= 15 is 0 Å². The summed E-state index contributed by atoms with van der Waals surface area (Å²) in [6.07, 6.45) is 1.65. The highest BCUT2D eigenvalue weighted by Crippen LogP contribution is 2.37. The summed E-state index contributed by atoms with van der Waals surface area (Å²) in [5.41, 5.74) is 0.861. The van der Waals surface area contributed by atoms with Crippen LogP contribution in [0.15, 0.2) is 46.5 Å². The van der Waals surface area contributed by atoms with Gasteiger partial charge in [-0.25, -0.2) is 4.98 Å². The molecule has 0 bridgehead atoms. The molecule has 6 nitrogen and oxygen atoms in total.